The van der Waals surface area contributed by atoms with E-state index in [4.69, 9.17) is 21.6 Å². The Balaban J connectivity index is 0.000000118. The van der Waals surface area contributed by atoms with Crippen LogP contribution in [-0.2, 0) is 90.9 Å². The summed E-state index contributed by atoms with van der Waals surface area (Å²) in [6.45, 7) is 3.10. The number of hydrogen-bond acceptors (Lipinski definition) is 10. The fourth-order valence-electron chi connectivity index (χ4n) is 11.8. The SMILES string of the molecule is CC(C)(O)c1coc(S(=O)(=O)CC(=O)Cc2c(CC3CC3)ccc3c2CCC3)c1.Nc1c(C(=O)C2CC2)ccc2c1CCC2.Nc1c(C(O)C2CC2)ccc2c1CCC2.Nc1c(CC2CC2)ccc2c1CCC2. The predicted octanol–water partition coefficient (Wildman–Crippen LogP) is 10.8. The number of nitrogens with two attached hydrogens (primary N) is 3. The molecule has 388 valence electrons. The first kappa shape index (κ1) is 51.3. The van der Waals surface area contributed by atoms with Crippen molar-refractivity contribution in [3.05, 3.63) is 139 Å². The van der Waals surface area contributed by atoms with Crippen LogP contribution in [0.4, 0.5) is 17.1 Å². The van der Waals surface area contributed by atoms with Gasteiger partial charge in [-0.3, -0.25) is 9.59 Å². The molecule has 0 aliphatic heterocycles. The second-order valence-electron chi connectivity index (χ2n) is 23.3. The molecule has 1 heterocycles. The van der Waals surface area contributed by atoms with Crippen molar-refractivity contribution in [2.24, 2.45) is 23.7 Å². The quantitative estimate of drug-likeness (QED) is 0.0527. The number of hydrogen-bond donors (Lipinski definition) is 5. The molecule has 0 saturated heterocycles. The van der Waals surface area contributed by atoms with E-state index in [1.54, 1.807) is 13.8 Å². The molecule has 1 atom stereocenters. The molecule has 5 aromatic rings. The molecule has 4 fully saturated rings. The number of aliphatic hydroxyl groups is 2. The summed E-state index contributed by atoms with van der Waals surface area (Å²) < 4.78 is 30.5. The Hall–Kier alpha value is -5.23. The Bertz CT molecular complexity index is 3000. The van der Waals surface area contributed by atoms with Crippen LogP contribution < -0.4 is 17.2 Å². The van der Waals surface area contributed by atoms with Crippen molar-refractivity contribution in [3.8, 4) is 0 Å². The van der Waals surface area contributed by atoms with Crippen LogP contribution in [0.1, 0.15) is 180 Å². The van der Waals surface area contributed by atoms with Gasteiger partial charge in [-0.15, -0.1) is 0 Å². The van der Waals surface area contributed by atoms with Crippen molar-refractivity contribution < 1.29 is 32.6 Å². The van der Waals surface area contributed by atoms with Crippen LogP contribution in [0.25, 0.3) is 0 Å². The van der Waals surface area contributed by atoms with Gasteiger partial charge in [0.25, 0.3) is 0 Å². The maximum Gasteiger partial charge on any atom is 0.218 e. The number of carbonyl (C=O) groups excluding carboxylic acids is 2. The van der Waals surface area contributed by atoms with Crippen molar-refractivity contribution in [1.29, 1.82) is 0 Å². The van der Waals surface area contributed by atoms with Crippen LogP contribution in [0.5, 0.6) is 0 Å². The number of sulfone groups is 1. The van der Waals surface area contributed by atoms with Gasteiger partial charge < -0.3 is 31.8 Å². The smallest absolute Gasteiger partial charge is 0.218 e. The lowest BCUT2D eigenvalue weighted by atomic mass is 9.91. The second-order valence-corrected chi connectivity index (χ2v) is 25.2. The lowest BCUT2D eigenvalue weighted by Crippen LogP contribution is -2.19. The lowest BCUT2D eigenvalue weighted by molar-refractivity contribution is -0.116. The van der Waals surface area contributed by atoms with E-state index in [-0.39, 0.29) is 35.1 Å². The fourth-order valence-corrected chi connectivity index (χ4v) is 13.0. The first-order valence-corrected chi connectivity index (χ1v) is 29.3. The minimum absolute atomic E-state index is 0.156. The molecule has 8 N–H and O–H groups in total. The topological polar surface area (TPSA) is 200 Å². The van der Waals surface area contributed by atoms with Gasteiger partial charge in [-0.05, 0) is 240 Å². The molecule has 0 amide bonds. The van der Waals surface area contributed by atoms with Gasteiger partial charge in [-0.2, -0.15) is 0 Å². The maximum absolute atomic E-state index is 12.8. The Morgan fingerprint density at radius 1 is 0.644 bits per heavy atom. The third-order valence-electron chi connectivity index (χ3n) is 16.9. The molecule has 10 nitrogen and oxygen atoms in total. The molecular weight excluding hydrogens is 931 g/mol. The van der Waals surface area contributed by atoms with Crippen LogP contribution in [0.2, 0.25) is 0 Å². The standard InChI is InChI=1S/C23H28O5S.C13H17NO.C13H15NO.C13H17N/c1-23(2,25)18-11-22(28-13-18)29(26,27)14-19(24)12-21-17(10-15-6-7-15)9-8-16-4-3-5-20(16)21;2*14-12-10-3-1-2-8(10)6-7-11(12)13(15)9-4-5-9;14-13-11(8-9-4-5-9)7-6-10-2-1-3-12(10)13/h8-9,11,13,15,25H,3-7,10,12,14H2,1-2H3;6-7,9,13,15H,1-5,14H2;6-7,9H,1-5,14H2;6-7,9H,1-5,8,14H2. The van der Waals surface area contributed by atoms with Crippen molar-refractivity contribution in [2.45, 2.75) is 178 Å². The number of fused-ring (bicyclic) bond motifs is 4. The minimum atomic E-state index is -3.88. The number of rotatable bonds is 14. The largest absolute Gasteiger partial charge is 0.453 e. The van der Waals surface area contributed by atoms with E-state index in [0.717, 1.165) is 117 Å². The van der Waals surface area contributed by atoms with Gasteiger partial charge in [0.05, 0.1) is 18.0 Å². The summed E-state index contributed by atoms with van der Waals surface area (Å²) in [6.07, 6.45) is 26.6. The first-order valence-electron chi connectivity index (χ1n) is 27.6. The summed E-state index contributed by atoms with van der Waals surface area (Å²) >= 11 is 0. The number of ketones is 2. The molecule has 1 aromatic heterocycles. The van der Waals surface area contributed by atoms with Gasteiger partial charge in [0.15, 0.2) is 11.6 Å². The van der Waals surface area contributed by atoms with Gasteiger partial charge in [0.2, 0.25) is 14.9 Å². The maximum atomic E-state index is 12.8. The number of furan rings is 1. The number of aryl methyl sites for hydroxylation is 4. The van der Waals surface area contributed by atoms with E-state index in [0.29, 0.717) is 17.4 Å². The molecule has 4 aromatic carbocycles. The van der Waals surface area contributed by atoms with E-state index in [2.05, 4.69) is 36.4 Å². The summed E-state index contributed by atoms with van der Waals surface area (Å²) in [5, 5.41) is 19.8. The highest BCUT2D eigenvalue weighted by Gasteiger charge is 2.35. The van der Waals surface area contributed by atoms with Crippen LogP contribution in [0.3, 0.4) is 0 Å². The van der Waals surface area contributed by atoms with E-state index < -0.39 is 21.2 Å². The molecule has 1 unspecified atom stereocenters. The fraction of sp³-hybridized carbons (Fsp3) is 0.516. The lowest BCUT2D eigenvalue weighted by Gasteiger charge is -2.15. The summed E-state index contributed by atoms with van der Waals surface area (Å²) in [6, 6.07) is 18.4. The van der Waals surface area contributed by atoms with E-state index in [1.165, 1.54) is 132 Å². The predicted molar refractivity (Wildman–Crippen MR) is 289 cm³/mol. The molecule has 73 heavy (non-hydrogen) atoms. The normalized spacial score (nSPS) is 18.7. The number of aliphatic hydroxyl groups excluding tert-OH is 1. The zero-order chi connectivity index (χ0) is 51.2. The van der Waals surface area contributed by atoms with Crippen molar-refractivity contribution >= 4 is 38.5 Å². The Morgan fingerprint density at radius 3 is 1.70 bits per heavy atom. The molecule has 8 aliphatic rings. The zero-order valence-corrected chi connectivity index (χ0v) is 44.0. The monoisotopic (exact) mass is 1010 g/mol. The summed E-state index contributed by atoms with van der Waals surface area (Å²) in [4.78, 5) is 24.7. The highest BCUT2D eigenvalue weighted by molar-refractivity contribution is 7.92. The zero-order valence-electron chi connectivity index (χ0n) is 43.2. The molecule has 0 radical (unpaired) electrons. The van der Waals surface area contributed by atoms with Gasteiger partial charge in [-0.1, -0.05) is 42.5 Å². The van der Waals surface area contributed by atoms with Gasteiger partial charge in [0, 0.05) is 52.2 Å². The van der Waals surface area contributed by atoms with Crippen molar-refractivity contribution in [3.63, 3.8) is 0 Å². The van der Waals surface area contributed by atoms with E-state index in [9.17, 15) is 28.2 Å². The number of benzene rings is 4. The molecular formula is C62H77N3O7S. The third kappa shape index (κ3) is 12.0. The van der Waals surface area contributed by atoms with Crippen LogP contribution >= 0.6 is 0 Å². The second kappa shape index (κ2) is 21.2. The highest BCUT2D eigenvalue weighted by atomic mass is 32.2. The number of anilines is 3. The first-order chi connectivity index (χ1) is 35.0. The van der Waals surface area contributed by atoms with Gasteiger partial charge in [-0.25, -0.2) is 8.42 Å². The Morgan fingerprint density at radius 2 is 1.15 bits per heavy atom. The summed E-state index contributed by atoms with van der Waals surface area (Å²) in [5.74, 6) is 1.75. The average molecular weight is 1010 g/mol. The third-order valence-corrected chi connectivity index (χ3v) is 18.5. The van der Waals surface area contributed by atoms with Gasteiger partial charge in [0.1, 0.15) is 5.75 Å². The molecule has 0 spiro atoms. The van der Waals surface area contributed by atoms with E-state index >= 15 is 0 Å². The van der Waals surface area contributed by atoms with Crippen molar-refractivity contribution in [1.82, 2.24) is 0 Å². The Kier molecular flexibility index (Phi) is 14.9. The minimum Gasteiger partial charge on any atom is -0.453 e. The number of carbonyl (C=O) groups is 2. The van der Waals surface area contributed by atoms with Crippen LogP contribution in [0.15, 0.2) is 70.4 Å². The molecule has 13 rings (SSSR count). The molecule has 0 bridgehead atoms. The van der Waals surface area contributed by atoms with E-state index in [1.807, 2.05) is 12.1 Å². The van der Waals surface area contributed by atoms with Gasteiger partial charge >= 0.3 is 0 Å². The summed E-state index contributed by atoms with van der Waals surface area (Å²) in [5.41, 5.74) is 36.6. The highest BCUT2D eigenvalue weighted by Crippen LogP contribution is 2.45. The summed E-state index contributed by atoms with van der Waals surface area (Å²) in [7, 11) is -3.88. The van der Waals surface area contributed by atoms with Crippen LogP contribution in [0, 0.1) is 23.7 Å². The average Bonchev–Trinajstić information content (AvgIpc) is 4.34. The van der Waals surface area contributed by atoms with Crippen molar-refractivity contribution in [2.75, 3.05) is 23.0 Å². The molecule has 8 aliphatic carbocycles. The Labute approximate surface area is 432 Å². The van der Waals surface area contributed by atoms with Crippen LogP contribution in [-0.4, -0.2) is 36.0 Å². The molecule has 4 saturated carbocycles. The number of Topliss-reactive ketones (excluding diaryl/α,β-unsaturated/α-hetero) is 2. The molecule has 11 heteroatoms. The number of nitrogen functional groups attached to an aromatic ring is 3.